The fourth-order valence-corrected chi connectivity index (χ4v) is 5.64. The number of hydrogen-bond donors (Lipinski definition) is 2. The molecule has 3 rings (SSSR count). The molecule has 1 amide bonds. The summed E-state index contributed by atoms with van der Waals surface area (Å²) in [5, 5.41) is 2.90. The fraction of sp³-hybridized carbons (Fsp3) is 0.389. The fourth-order valence-electron chi connectivity index (χ4n) is 2.77. The van der Waals surface area contributed by atoms with Crippen LogP contribution >= 0.6 is 23.5 Å². The second kappa shape index (κ2) is 8.10. The van der Waals surface area contributed by atoms with Crippen LogP contribution in [-0.2, 0) is 11.2 Å². The maximum Gasteiger partial charge on any atom is 0.254 e. The minimum Gasteiger partial charge on any atom is -0.326 e. The van der Waals surface area contributed by atoms with Gasteiger partial charge in [-0.05, 0) is 49.5 Å². The molecule has 0 unspecified atom stereocenters. The minimum absolute atomic E-state index is 0.0194. The van der Waals surface area contributed by atoms with E-state index in [2.05, 4.69) is 21.4 Å². The van der Waals surface area contributed by atoms with Crippen molar-refractivity contribution >= 4 is 35.1 Å². The van der Waals surface area contributed by atoms with Crippen LogP contribution in [0.5, 0.6) is 0 Å². The van der Waals surface area contributed by atoms with Gasteiger partial charge >= 0.3 is 0 Å². The third-order valence-corrected chi connectivity index (χ3v) is 6.96. The van der Waals surface area contributed by atoms with E-state index in [0.717, 1.165) is 5.69 Å². The number of hydrogen-bond acceptors (Lipinski definition) is 5. The molecule has 1 aliphatic heterocycles. The first-order valence-electron chi connectivity index (χ1n) is 8.22. The molecule has 7 heteroatoms. The lowest BCUT2D eigenvalue weighted by Crippen LogP contribution is -2.24. The average Bonchev–Trinajstić information content (AvgIpc) is 2.59. The number of carbonyl (C=O) groups excluding carboxylic acids is 1. The number of H-pyrrole nitrogens is 1. The van der Waals surface area contributed by atoms with Crippen molar-refractivity contribution in [3.8, 4) is 0 Å². The molecule has 0 atom stereocenters. The summed E-state index contributed by atoms with van der Waals surface area (Å²) in [7, 11) is 0. The number of aromatic amines is 1. The third kappa shape index (κ3) is 4.67. The Morgan fingerprint density at radius 2 is 2.08 bits per heavy atom. The van der Waals surface area contributed by atoms with Gasteiger partial charge in [0.2, 0.25) is 5.91 Å². The van der Waals surface area contributed by atoms with Gasteiger partial charge in [0.1, 0.15) is 5.82 Å². The summed E-state index contributed by atoms with van der Waals surface area (Å²) in [5.41, 5.74) is 2.75. The van der Waals surface area contributed by atoms with Crippen LogP contribution in [0.2, 0.25) is 0 Å². The number of rotatable bonds is 4. The van der Waals surface area contributed by atoms with Gasteiger partial charge in [-0.2, -0.15) is 0 Å². The molecule has 0 saturated carbocycles. The van der Waals surface area contributed by atoms with Crippen LogP contribution < -0.4 is 10.9 Å². The Labute approximate surface area is 155 Å². The lowest BCUT2D eigenvalue weighted by molar-refractivity contribution is -0.115. The Hall–Kier alpha value is -1.73. The number of anilines is 1. The Bertz CT molecular complexity index is 829. The van der Waals surface area contributed by atoms with Crippen molar-refractivity contribution in [1.29, 1.82) is 0 Å². The van der Waals surface area contributed by atoms with Gasteiger partial charge in [-0.25, -0.2) is 4.98 Å². The first-order valence-corrected chi connectivity index (χ1v) is 10.3. The average molecular weight is 376 g/mol. The zero-order valence-corrected chi connectivity index (χ0v) is 15.9. The van der Waals surface area contributed by atoms with Gasteiger partial charge in [0, 0.05) is 16.9 Å². The molecule has 1 fully saturated rings. The highest BCUT2D eigenvalue weighted by atomic mass is 32.2. The Balaban J connectivity index is 1.70. The molecule has 1 saturated heterocycles. The second-order valence-corrected chi connectivity index (χ2v) is 8.72. The van der Waals surface area contributed by atoms with Crippen molar-refractivity contribution in [3.63, 3.8) is 0 Å². The highest BCUT2D eigenvalue weighted by Crippen LogP contribution is 2.44. The first kappa shape index (κ1) is 18.1. The van der Waals surface area contributed by atoms with Crippen molar-refractivity contribution in [2.45, 2.75) is 31.3 Å². The molecule has 1 aromatic heterocycles. The molecule has 2 aromatic rings. The predicted octanol–water partition coefficient (Wildman–Crippen LogP) is 3.44. The zero-order chi connectivity index (χ0) is 17.8. The molecule has 2 heterocycles. The second-order valence-electron chi connectivity index (χ2n) is 5.99. The number of nitrogens with one attached hydrogen (secondary N) is 2. The molecule has 0 radical (unpaired) electrons. The number of carbonyl (C=O) groups is 1. The van der Waals surface area contributed by atoms with Crippen molar-refractivity contribution in [2.75, 3.05) is 16.8 Å². The normalized spacial score (nSPS) is 15.1. The van der Waals surface area contributed by atoms with E-state index in [1.807, 2.05) is 41.7 Å². The van der Waals surface area contributed by atoms with E-state index in [9.17, 15) is 9.59 Å². The summed E-state index contributed by atoms with van der Waals surface area (Å²) >= 11 is 3.90. The lowest BCUT2D eigenvalue weighted by Gasteiger charge is -2.21. The first-order chi connectivity index (χ1) is 12.0. The molecule has 1 aromatic carbocycles. The van der Waals surface area contributed by atoms with Crippen LogP contribution in [0.4, 0.5) is 5.69 Å². The quantitative estimate of drug-likeness (QED) is 0.856. The van der Waals surface area contributed by atoms with Crippen molar-refractivity contribution in [3.05, 3.63) is 57.3 Å². The molecule has 25 heavy (non-hydrogen) atoms. The molecule has 2 N–H and O–H groups in total. The smallest absolute Gasteiger partial charge is 0.254 e. The molecule has 0 aliphatic carbocycles. The van der Waals surface area contributed by atoms with E-state index in [4.69, 9.17) is 0 Å². The van der Waals surface area contributed by atoms with Gasteiger partial charge in [0.15, 0.2) is 0 Å². The van der Waals surface area contributed by atoms with Crippen LogP contribution in [0.15, 0.2) is 29.1 Å². The van der Waals surface area contributed by atoms with E-state index in [1.165, 1.54) is 23.5 Å². The largest absolute Gasteiger partial charge is 0.326 e. The van der Waals surface area contributed by atoms with Crippen LogP contribution in [0.1, 0.15) is 33.6 Å². The van der Waals surface area contributed by atoms with Crippen LogP contribution in [0.3, 0.4) is 0 Å². The number of aromatic nitrogens is 2. The Morgan fingerprint density at radius 3 is 2.80 bits per heavy atom. The van der Waals surface area contributed by atoms with Crippen LogP contribution in [0.25, 0.3) is 0 Å². The third-order valence-electron chi connectivity index (χ3n) is 3.95. The van der Waals surface area contributed by atoms with E-state index >= 15 is 0 Å². The van der Waals surface area contributed by atoms with Gasteiger partial charge in [-0.15, -0.1) is 23.5 Å². The maximum atomic E-state index is 12.4. The van der Waals surface area contributed by atoms with Gasteiger partial charge < -0.3 is 10.3 Å². The predicted molar refractivity (Wildman–Crippen MR) is 105 cm³/mol. The van der Waals surface area contributed by atoms with E-state index in [0.29, 0.717) is 21.7 Å². The molecular weight excluding hydrogens is 354 g/mol. The summed E-state index contributed by atoms with van der Waals surface area (Å²) in [6, 6.07) is 7.97. The number of nitrogens with zero attached hydrogens (tertiary/aromatic N) is 1. The number of thioether (sulfide) groups is 2. The molecule has 1 aliphatic rings. The monoisotopic (exact) mass is 375 g/mol. The highest BCUT2D eigenvalue weighted by Gasteiger charge is 2.17. The molecule has 0 bridgehead atoms. The summed E-state index contributed by atoms with van der Waals surface area (Å²) in [4.78, 5) is 31.3. The van der Waals surface area contributed by atoms with Crippen molar-refractivity contribution in [2.24, 2.45) is 0 Å². The summed E-state index contributed by atoms with van der Waals surface area (Å²) in [6.07, 6.45) is 1.27. The Morgan fingerprint density at radius 1 is 1.32 bits per heavy atom. The van der Waals surface area contributed by atoms with Crippen molar-refractivity contribution in [1.82, 2.24) is 9.97 Å². The van der Waals surface area contributed by atoms with Crippen LogP contribution in [0, 0.1) is 13.8 Å². The van der Waals surface area contributed by atoms with Gasteiger partial charge in [0.25, 0.3) is 5.56 Å². The van der Waals surface area contributed by atoms with Gasteiger partial charge in [-0.1, -0.05) is 12.1 Å². The minimum atomic E-state index is -0.246. The van der Waals surface area contributed by atoms with E-state index < -0.39 is 0 Å². The van der Waals surface area contributed by atoms with Gasteiger partial charge in [-0.3, -0.25) is 9.59 Å². The molecule has 0 spiro atoms. The molecule has 5 nitrogen and oxygen atoms in total. The molecule has 132 valence electrons. The standard InChI is InChI=1S/C18H21N3O2S2/c1-11-15(17(23)20-12(2)19-11)10-16(22)21-14-6-3-5-13(9-14)18-24-7-4-8-25-18/h3,5-6,9,18H,4,7-8,10H2,1-2H3,(H,21,22)(H,19,20,23). The number of benzene rings is 1. The van der Waals surface area contributed by atoms with E-state index in [1.54, 1.807) is 13.8 Å². The zero-order valence-electron chi connectivity index (χ0n) is 14.3. The summed E-state index contributed by atoms with van der Waals surface area (Å²) < 4.78 is 0.428. The summed E-state index contributed by atoms with van der Waals surface area (Å²) in [5.74, 6) is 2.70. The number of aryl methyl sites for hydroxylation is 2. The summed E-state index contributed by atoms with van der Waals surface area (Å²) in [6.45, 7) is 3.48. The maximum absolute atomic E-state index is 12.4. The van der Waals surface area contributed by atoms with E-state index in [-0.39, 0.29) is 17.9 Å². The highest BCUT2D eigenvalue weighted by molar-refractivity contribution is 8.16. The van der Waals surface area contributed by atoms with Crippen LogP contribution in [-0.4, -0.2) is 27.4 Å². The topological polar surface area (TPSA) is 74.8 Å². The SMILES string of the molecule is Cc1nc(C)c(CC(=O)Nc2cccc(C3SCCCS3)c2)c(=O)[nH]1. The Kier molecular flexibility index (Phi) is 5.86. The molecular formula is C18H21N3O2S2. The van der Waals surface area contributed by atoms with Crippen molar-refractivity contribution < 1.29 is 4.79 Å². The lowest BCUT2D eigenvalue weighted by atomic mass is 10.1. The van der Waals surface area contributed by atoms with Gasteiger partial charge in [0.05, 0.1) is 11.0 Å². The number of amides is 1.